The number of nitrogens with zero attached hydrogens (tertiary/aromatic N) is 2. The zero-order valence-corrected chi connectivity index (χ0v) is 20.7. The maximum absolute atomic E-state index is 13.1. The molecule has 1 saturated carbocycles. The number of fused-ring (bicyclic) bond motifs is 2. The Kier molecular flexibility index (Phi) is 6.35. The molecule has 182 valence electrons. The van der Waals surface area contributed by atoms with Gasteiger partial charge >= 0.3 is 5.97 Å². The van der Waals surface area contributed by atoms with Gasteiger partial charge in [0.1, 0.15) is 0 Å². The summed E-state index contributed by atoms with van der Waals surface area (Å²) < 4.78 is 38.1. The van der Waals surface area contributed by atoms with E-state index < -0.39 is 16.0 Å². The van der Waals surface area contributed by atoms with Gasteiger partial charge in [0.2, 0.25) is 10.0 Å². The van der Waals surface area contributed by atoms with Crippen molar-refractivity contribution < 1.29 is 27.5 Å². The summed E-state index contributed by atoms with van der Waals surface area (Å²) in [4.78, 5) is 27.5. The van der Waals surface area contributed by atoms with E-state index in [1.54, 1.807) is 13.0 Å². The molecule has 4 rings (SSSR count). The van der Waals surface area contributed by atoms with Crippen molar-refractivity contribution in [2.24, 2.45) is 10.8 Å². The first-order valence-electron chi connectivity index (χ1n) is 11.6. The second-order valence-corrected chi connectivity index (χ2v) is 12.7. The quantitative estimate of drug-likeness (QED) is 0.604. The summed E-state index contributed by atoms with van der Waals surface area (Å²) >= 11 is 0. The highest BCUT2D eigenvalue weighted by molar-refractivity contribution is 7.89. The van der Waals surface area contributed by atoms with Crippen LogP contribution in [0.3, 0.4) is 0 Å². The van der Waals surface area contributed by atoms with Crippen molar-refractivity contribution in [1.29, 1.82) is 0 Å². The first kappa shape index (κ1) is 24.2. The summed E-state index contributed by atoms with van der Waals surface area (Å²) in [5.74, 6) is -0.890. The molecule has 1 aliphatic carbocycles. The fraction of sp³-hybridized carbons (Fsp3) is 0.667. The number of hydrogen-bond acceptors (Lipinski definition) is 6. The fourth-order valence-electron chi connectivity index (χ4n) is 5.98. The highest BCUT2D eigenvalue weighted by Crippen LogP contribution is 2.52. The third-order valence-electron chi connectivity index (χ3n) is 7.07. The van der Waals surface area contributed by atoms with Crippen LogP contribution in [-0.4, -0.2) is 75.0 Å². The topological polar surface area (TPSA) is 93.2 Å². The van der Waals surface area contributed by atoms with Gasteiger partial charge in [-0.3, -0.25) is 4.79 Å². The summed E-state index contributed by atoms with van der Waals surface area (Å²) in [6.45, 7) is 9.98. The zero-order valence-electron chi connectivity index (χ0n) is 19.9. The number of aryl methyl sites for hydroxylation is 1. The Morgan fingerprint density at radius 3 is 2.55 bits per heavy atom. The van der Waals surface area contributed by atoms with Crippen molar-refractivity contribution >= 4 is 21.9 Å². The van der Waals surface area contributed by atoms with E-state index in [0.717, 1.165) is 19.3 Å². The number of likely N-dealkylation sites (tertiary alicyclic amines) is 1. The SMILES string of the molecule is Cc1ccc(C(=O)OCC(=O)N2C[C@@]3(C)C[C@@H]2CC(C)(C)C3)cc1S(=O)(=O)N1CCOCC1. The summed E-state index contributed by atoms with van der Waals surface area (Å²) in [5, 5.41) is 0. The highest BCUT2D eigenvalue weighted by atomic mass is 32.2. The van der Waals surface area contributed by atoms with Crippen molar-refractivity contribution in [3.8, 4) is 0 Å². The van der Waals surface area contributed by atoms with Crippen molar-refractivity contribution in [3.63, 3.8) is 0 Å². The molecule has 0 N–H and O–H groups in total. The van der Waals surface area contributed by atoms with Crippen molar-refractivity contribution in [2.45, 2.75) is 57.9 Å². The first-order chi connectivity index (χ1) is 15.4. The fourth-order valence-corrected chi connectivity index (χ4v) is 7.63. The molecule has 2 saturated heterocycles. The summed E-state index contributed by atoms with van der Waals surface area (Å²) in [5.41, 5.74) is 0.960. The molecule has 9 heteroatoms. The van der Waals surface area contributed by atoms with Crippen molar-refractivity contribution in [3.05, 3.63) is 29.3 Å². The molecule has 0 radical (unpaired) electrons. The van der Waals surface area contributed by atoms with Crippen LogP contribution in [-0.2, 0) is 24.3 Å². The van der Waals surface area contributed by atoms with Crippen molar-refractivity contribution in [2.75, 3.05) is 39.5 Å². The highest BCUT2D eigenvalue weighted by Gasteiger charge is 2.51. The van der Waals surface area contributed by atoms with Crippen LogP contribution in [0.25, 0.3) is 0 Å². The molecule has 33 heavy (non-hydrogen) atoms. The Labute approximate surface area is 196 Å². The molecule has 0 aromatic heterocycles. The Morgan fingerprint density at radius 1 is 1.15 bits per heavy atom. The van der Waals surface area contributed by atoms with E-state index in [0.29, 0.717) is 25.3 Å². The number of carbonyl (C=O) groups excluding carboxylic acids is 2. The number of carbonyl (C=O) groups is 2. The minimum Gasteiger partial charge on any atom is -0.452 e. The number of hydrogen-bond donors (Lipinski definition) is 0. The molecule has 3 fully saturated rings. The summed E-state index contributed by atoms with van der Waals surface area (Å²) in [6.07, 6.45) is 3.00. The lowest BCUT2D eigenvalue weighted by atomic mass is 9.65. The normalized spacial score (nSPS) is 27.4. The minimum atomic E-state index is -3.75. The van der Waals surface area contributed by atoms with Gasteiger partial charge in [0.25, 0.3) is 5.91 Å². The lowest BCUT2D eigenvalue weighted by Crippen LogP contribution is -2.41. The van der Waals surface area contributed by atoms with Gasteiger partial charge in [0.15, 0.2) is 6.61 Å². The molecule has 2 aliphatic heterocycles. The zero-order chi connectivity index (χ0) is 24.0. The van der Waals surface area contributed by atoms with E-state index in [-0.39, 0.29) is 52.9 Å². The molecule has 0 unspecified atom stereocenters. The van der Waals surface area contributed by atoms with E-state index in [2.05, 4.69) is 20.8 Å². The van der Waals surface area contributed by atoms with Crippen LogP contribution in [0.2, 0.25) is 0 Å². The average Bonchev–Trinajstić information content (AvgIpc) is 3.01. The predicted octanol–water partition coefficient (Wildman–Crippen LogP) is 2.60. The summed E-state index contributed by atoms with van der Waals surface area (Å²) in [6, 6.07) is 4.65. The number of sulfonamides is 1. The van der Waals surface area contributed by atoms with Gasteiger partial charge in [-0.25, -0.2) is 13.2 Å². The second kappa shape index (κ2) is 8.67. The minimum absolute atomic E-state index is 0.0775. The third-order valence-corrected chi connectivity index (χ3v) is 9.11. The Hall–Kier alpha value is -1.97. The number of esters is 1. The van der Waals surface area contributed by atoms with Gasteiger partial charge in [0.05, 0.1) is 23.7 Å². The van der Waals surface area contributed by atoms with Crippen LogP contribution in [0.5, 0.6) is 0 Å². The first-order valence-corrected chi connectivity index (χ1v) is 13.0. The van der Waals surface area contributed by atoms with Gasteiger partial charge < -0.3 is 14.4 Å². The number of rotatable bonds is 5. The molecule has 1 aromatic rings. The van der Waals surface area contributed by atoms with Crippen LogP contribution in [0.4, 0.5) is 0 Å². The van der Waals surface area contributed by atoms with Gasteiger partial charge in [-0.15, -0.1) is 0 Å². The van der Waals surface area contributed by atoms with Crippen molar-refractivity contribution in [1.82, 2.24) is 9.21 Å². The van der Waals surface area contributed by atoms with E-state index >= 15 is 0 Å². The monoisotopic (exact) mass is 478 g/mol. The smallest absolute Gasteiger partial charge is 0.338 e. The maximum atomic E-state index is 13.1. The number of ether oxygens (including phenoxy) is 2. The molecule has 2 bridgehead atoms. The van der Waals surface area contributed by atoms with E-state index in [1.165, 1.54) is 16.4 Å². The molecule has 0 spiro atoms. The van der Waals surface area contributed by atoms with E-state index in [1.807, 2.05) is 4.90 Å². The van der Waals surface area contributed by atoms with E-state index in [9.17, 15) is 18.0 Å². The lowest BCUT2D eigenvalue weighted by molar-refractivity contribution is -0.135. The number of benzene rings is 1. The number of amides is 1. The number of morpholine rings is 1. The molecule has 3 aliphatic rings. The molecular weight excluding hydrogens is 444 g/mol. The molecule has 1 amide bonds. The Morgan fingerprint density at radius 2 is 1.85 bits per heavy atom. The standard InChI is InChI=1S/C24H34N2O6S/c1-17-5-6-18(11-20(17)33(29,30)25-7-9-31-10-8-25)22(28)32-14-21(27)26-16-24(4)13-19(26)12-23(2,3)15-24/h5-6,11,19H,7-10,12-16H2,1-4H3/t19-,24-/m0/s1. The maximum Gasteiger partial charge on any atom is 0.338 e. The van der Waals surface area contributed by atoms with E-state index in [4.69, 9.17) is 9.47 Å². The second-order valence-electron chi connectivity index (χ2n) is 10.8. The van der Waals surface area contributed by atoms with Crippen LogP contribution in [0.1, 0.15) is 56.0 Å². The van der Waals surface area contributed by atoms with Gasteiger partial charge in [-0.1, -0.05) is 26.8 Å². The molecule has 1 aromatic carbocycles. The molecule has 2 atom stereocenters. The predicted molar refractivity (Wildman–Crippen MR) is 122 cm³/mol. The Bertz CT molecular complexity index is 1050. The molecule has 2 heterocycles. The van der Waals surface area contributed by atoms with Crippen LogP contribution in [0, 0.1) is 17.8 Å². The van der Waals surface area contributed by atoms with Crippen LogP contribution < -0.4 is 0 Å². The van der Waals surface area contributed by atoms with Gasteiger partial charge in [0, 0.05) is 25.7 Å². The average molecular weight is 479 g/mol. The third kappa shape index (κ3) is 4.95. The molecular formula is C24H34N2O6S. The van der Waals surface area contributed by atoms with Crippen LogP contribution in [0.15, 0.2) is 23.1 Å². The van der Waals surface area contributed by atoms with Gasteiger partial charge in [-0.05, 0) is 54.7 Å². The largest absolute Gasteiger partial charge is 0.452 e. The lowest BCUT2D eigenvalue weighted by Gasteiger charge is -2.39. The summed E-state index contributed by atoms with van der Waals surface area (Å²) in [7, 11) is -3.75. The molecule has 8 nitrogen and oxygen atoms in total. The van der Waals surface area contributed by atoms with Gasteiger partial charge in [-0.2, -0.15) is 4.31 Å². The van der Waals surface area contributed by atoms with Crippen LogP contribution >= 0.6 is 0 Å². The Balaban J connectivity index is 1.43.